The molecule has 0 radical (unpaired) electrons. The molecule has 104 valence electrons. The van der Waals surface area contributed by atoms with Crippen LogP contribution in [0.15, 0.2) is 12.1 Å². The maximum atomic E-state index is 13.3. The van der Waals surface area contributed by atoms with Gasteiger partial charge >= 0.3 is 0 Å². The van der Waals surface area contributed by atoms with E-state index < -0.39 is 29.0 Å². The van der Waals surface area contributed by atoms with Crippen LogP contribution in [0.3, 0.4) is 0 Å². The molecule has 19 heavy (non-hydrogen) atoms. The number of hydrogen-bond acceptors (Lipinski definition) is 2. The second-order valence-corrected chi connectivity index (χ2v) is 4.71. The van der Waals surface area contributed by atoms with Gasteiger partial charge in [-0.1, -0.05) is 0 Å². The Bertz CT molecular complexity index is 450. The van der Waals surface area contributed by atoms with Crippen molar-refractivity contribution < 1.29 is 18.0 Å². The Hall–Kier alpha value is -1.56. The minimum atomic E-state index is -1.10. The highest BCUT2D eigenvalue weighted by Gasteiger charge is 2.19. The molecule has 6 heteroatoms. The van der Waals surface area contributed by atoms with Crippen LogP contribution in [-0.2, 0) is 4.79 Å². The fourth-order valence-electron chi connectivity index (χ4n) is 2.21. The van der Waals surface area contributed by atoms with Gasteiger partial charge in [-0.05, 0) is 31.8 Å². The van der Waals surface area contributed by atoms with E-state index in [4.69, 9.17) is 0 Å². The first kappa shape index (κ1) is 13.9. The quantitative estimate of drug-likeness (QED) is 0.887. The van der Waals surface area contributed by atoms with Crippen LogP contribution in [0.2, 0.25) is 0 Å². The summed E-state index contributed by atoms with van der Waals surface area (Å²) in [7, 11) is 0. The number of benzene rings is 1. The second-order valence-electron chi connectivity index (χ2n) is 4.71. The Labute approximate surface area is 109 Å². The lowest BCUT2D eigenvalue weighted by atomic mass is 9.96. The number of amides is 1. The van der Waals surface area contributed by atoms with E-state index in [-0.39, 0.29) is 12.3 Å². The molecular weight excluding hydrogens is 257 g/mol. The van der Waals surface area contributed by atoms with Crippen LogP contribution in [0, 0.1) is 23.4 Å². The summed E-state index contributed by atoms with van der Waals surface area (Å²) in [5.74, 6) is -3.51. The van der Waals surface area contributed by atoms with E-state index in [0.29, 0.717) is 12.1 Å². The van der Waals surface area contributed by atoms with Crippen molar-refractivity contribution in [2.45, 2.75) is 19.3 Å². The van der Waals surface area contributed by atoms with Gasteiger partial charge in [0.25, 0.3) is 0 Å². The third-order valence-corrected chi connectivity index (χ3v) is 3.14. The first-order valence-electron chi connectivity index (χ1n) is 6.21. The molecule has 1 amide bonds. The topological polar surface area (TPSA) is 41.1 Å². The number of piperidine rings is 1. The third kappa shape index (κ3) is 3.70. The van der Waals surface area contributed by atoms with Crippen molar-refractivity contribution in [2.75, 3.05) is 18.4 Å². The normalized spacial score (nSPS) is 19.2. The summed E-state index contributed by atoms with van der Waals surface area (Å²) < 4.78 is 39.4. The molecule has 0 saturated carbocycles. The van der Waals surface area contributed by atoms with Crippen molar-refractivity contribution in [3.05, 3.63) is 29.6 Å². The van der Waals surface area contributed by atoms with Crippen LogP contribution in [0.25, 0.3) is 0 Å². The van der Waals surface area contributed by atoms with Gasteiger partial charge < -0.3 is 10.6 Å². The average Bonchev–Trinajstić information content (AvgIpc) is 2.35. The van der Waals surface area contributed by atoms with E-state index in [9.17, 15) is 18.0 Å². The Morgan fingerprint density at radius 1 is 1.32 bits per heavy atom. The van der Waals surface area contributed by atoms with Crippen molar-refractivity contribution in [2.24, 2.45) is 5.92 Å². The molecule has 1 atom stereocenters. The number of hydrogen-bond donors (Lipinski definition) is 2. The van der Waals surface area contributed by atoms with Gasteiger partial charge in [0, 0.05) is 18.6 Å². The van der Waals surface area contributed by atoms with E-state index in [1.165, 1.54) is 0 Å². The van der Waals surface area contributed by atoms with Crippen molar-refractivity contribution in [3.63, 3.8) is 0 Å². The van der Waals surface area contributed by atoms with Crippen molar-refractivity contribution in [1.29, 1.82) is 0 Å². The molecule has 1 unspecified atom stereocenters. The Kier molecular flexibility index (Phi) is 4.42. The lowest BCUT2D eigenvalue weighted by Gasteiger charge is -2.22. The van der Waals surface area contributed by atoms with Gasteiger partial charge in [0.15, 0.2) is 11.6 Å². The first-order valence-corrected chi connectivity index (χ1v) is 6.21. The molecule has 1 aromatic carbocycles. The zero-order valence-electron chi connectivity index (χ0n) is 10.3. The molecule has 1 aromatic rings. The van der Waals surface area contributed by atoms with E-state index in [1.54, 1.807) is 0 Å². The molecular formula is C13H15F3N2O. The lowest BCUT2D eigenvalue weighted by Crippen LogP contribution is -2.32. The van der Waals surface area contributed by atoms with Gasteiger partial charge in [0.1, 0.15) is 11.5 Å². The summed E-state index contributed by atoms with van der Waals surface area (Å²) in [5.41, 5.74) is -0.588. The molecule has 1 saturated heterocycles. The number of carbonyl (C=O) groups excluding carboxylic acids is 1. The Morgan fingerprint density at radius 2 is 2.00 bits per heavy atom. The first-order chi connectivity index (χ1) is 9.06. The van der Waals surface area contributed by atoms with Crippen LogP contribution in [0.5, 0.6) is 0 Å². The lowest BCUT2D eigenvalue weighted by molar-refractivity contribution is -0.117. The van der Waals surface area contributed by atoms with Crippen LogP contribution in [-0.4, -0.2) is 19.0 Å². The van der Waals surface area contributed by atoms with Gasteiger partial charge in [-0.3, -0.25) is 4.79 Å². The highest BCUT2D eigenvalue weighted by molar-refractivity contribution is 5.91. The third-order valence-electron chi connectivity index (χ3n) is 3.14. The summed E-state index contributed by atoms with van der Waals surface area (Å²) in [4.78, 5) is 11.7. The van der Waals surface area contributed by atoms with Crippen molar-refractivity contribution >= 4 is 11.6 Å². The molecule has 1 fully saturated rings. The summed E-state index contributed by atoms with van der Waals surface area (Å²) >= 11 is 0. The zero-order valence-corrected chi connectivity index (χ0v) is 10.3. The van der Waals surface area contributed by atoms with Crippen LogP contribution >= 0.6 is 0 Å². The standard InChI is InChI=1S/C13H15F3N2O/c14-9-5-10(15)13(11(16)6-9)18-12(19)4-8-2-1-3-17-7-8/h5-6,8,17H,1-4,7H2,(H,18,19). The molecule has 0 spiro atoms. The summed E-state index contributed by atoms with van der Waals surface area (Å²) in [5, 5.41) is 5.33. The van der Waals surface area contributed by atoms with Gasteiger partial charge in [0.2, 0.25) is 5.91 Å². The van der Waals surface area contributed by atoms with E-state index in [2.05, 4.69) is 10.6 Å². The van der Waals surface area contributed by atoms with Gasteiger partial charge in [-0.25, -0.2) is 13.2 Å². The summed E-state index contributed by atoms with van der Waals surface area (Å²) in [6, 6.07) is 1.09. The highest BCUT2D eigenvalue weighted by atomic mass is 19.1. The van der Waals surface area contributed by atoms with Gasteiger partial charge in [0.05, 0.1) is 0 Å². The zero-order chi connectivity index (χ0) is 13.8. The fourth-order valence-corrected chi connectivity index (χ4v) is 2.21. The number of rotatable bonds is 3. The maximum absolute atomic E-state index is 13.3. The van der Waals surface area contributed by atoms with Crippen LogP contribution in [0.1, 0.15) is 19.3 Å². The van der Waals surface area contributed by atoms with Crippen LogP contribution < -0.4 is 10.6 Å². The predicted molar refractivity (Wildman–Crippen MR) is 65.2 cm³/mol. The Balaban J connectivity index is 1.98. The highest BCUT2D eigenvalue weighted by Crippen LogP contribution is 2.21. The Morgan fingerprint density at radius 3 is 2.58 bits per heavy atom. The van der Waals surface area contributed by atoms with Crippen molar-refractivity contribution in [1.82, 2.24) is 5.32 Å². The number of anilines is 1. The molecule has 0 aromatic heterocycles. The smallest absolute Gasteiger partial charge is 0.224 e. The molecule has 2 N–H and O–H groups in total. The molecule has 1 heterocycles. The molecule has 3 nitrogen and oxygen atoms in total. The van der Waals surface area contributed by atoms with E-state index in [1.807, 2.05) is 0 Å². The monoisotopic (exact) mass is 272 g/mol. The second kappa shape index (κ2) is 6.06. The molecule has 0 bridgehead atoms. The van der Waals surface area contributed by atoms with Gasteiger partial charge in [-0.15, -0.1) is 0 Å². The number of nitrogens with one attached hydrogen (secondary N) is 2. The number of carbonyl (C=O) groups is 1. The minimum absolute atomic E-state index is 0.167. The summed E-state index contributed by atoms with van der Waals surface area (Å²) in [6.07, 6.45) is 2.09. The average molecular weight is 272 g/mol. The minimum Gasteiger partial charge on any atom is -0.321 e. The maximum Gasteiger partial charge on any atom is 0.224 e. The molecule has 1 aliphatic rings. The molecule has 1 aliphatic heterocycles. The largest absolute Gasteiger partial charge is 0.321 e. The number of halogens is 3. The summed E-state index contributed by atoms with van der Waals surface area (Å²) in [6.45, 7) is 1.65. The van der Waals surface area contributed by atoms with Crippen molar-refractivity contribution in [3.8, 4) is 0 Å². The molecule has 0 aliphatic carbocycles. The van der Waals surface area contributed by atoms with Crippen LogP contribution in [0.4, 0.5) is 18.9 Å². The van der Waals surface area contributed by atoms with E-state index in [0.717, 1.165) is 25.9 Å². The van der Waals surface area contributed by atoms with Gasteiger partial charge in [-0.2, -0.15) is 0 Å². The molecule has 2 rings (SSSR count). The van der Waals surface area contributed by atoms with E-state index >= 15 is 0 Å². The fraction of sp³-hybridized carbons (Fsp3) is 0.462. The predicted octanol–water partition coefficient (Wildman–Crippen LogP) is 2.43. The SMILES string of the molecule is O=C(CC1CCCNC1)Nc1c(F)cc(F)cc1F.